The Morgan fingerprint density at radius 3 is 2.82 bits per heavy atom. The molecule has 0 aliphatic heterocycles. The van der Waals surface area contributed by atoms with E-state index < -0.39 is 0 Å². The zero-order valence-electron chi connectivity index (χ0n) is 10.2. The summed E-state index contributed by atoms with van der Waals surface area (Å²) in [5.41, 5.74) is 1.55. The van der Waals surface area contributed by atoms with Gasteiger partial charge >= 0.3 is 0 Å². The summed E-state index contributed by atoms with van der Waals surface area (Å²) in [7, 11) is 0. The Bertz CT molecular complexity index is 368. The monoisotopic (exact) mass is 251 g/mol. The highest BCUT2D eigenvalue weighted by Crippen LogP contribution is 2.34. The fourth-order valence-electron chi connectivity index (χ4n) is 3.19. The highest BCUT2D eigenvalue weighted by Gasteiger charge is 2.26. The third kappa shape index (κ3) is 2.56. The largest absolute Gasteiger partial charge is 0.393 e. The molecule has 1 unspecified atom stereocenters. The number of thiophene rings is 1. The number of nitrogens with one attached hydrogen (secondary N) is 1. The molecule has 0 spiro atoms. The van der Waals surface area contributed by atoms with Crippen LogP contribution in [0.3, 0.4) is 0 Å². The van der Waals surface area contributed by atoms with Gasteiger partial charge in [-0.25, -0.2) is 0 Å². The van der Waals surface area contributed by atoms with Crippen LogP contribution in [0, 0.1) is 0 Å². The molecule has 2 aliphatic carbocycles. The smallest absolute Gasteiger partial charge is 0.0541 e. The molecule has 1 fully saturated rings. The maximum atomic E-state index is 9.53. The van der Waals surface area contributed by atoms with Gasteiger partial charge in [0, 0.05) is 17.0 Å². The highest BCUT2D eigenvalue weighted by atomic mass is 32.1. The molecule has 0 aromatic carbocycles. The van der Waals surface area contributed by atoms with Gasteiger partial charge in [-0.2, -0.15) is 0 Å². The zero-order valence-corrected chi connectivity index (χ0v) is 11.0. The molecule has 0 amide bonds. The highest BCUT2D eigenvalue weighted by molar-refractivity contribution is 7.10. The maximum Gasteiger partial charge on any atom is 0.0541 e. The second-order valence-corrected chi connectivity index (χ2v) is 6.42. The van der Waals surface area contributed by atoms with Crippen LogP contribution in [0.4, 0.5) is 0 Å². The first-order chi connectivity index (χ1) is 8.33. The Hall–Kier alpha value is -0.380. The summed E-state index contributed by atoms with van der Waals surface area (Å²) in [6.45, 7) is 0. The lowest BCUT2D eigenvalue weighted by Crippen LogP contribution is -2.38. The van der Waals surface area contributed by atoms with Gasteiger partial charge in [-0.1, -0.05) is 0 Å². The maximum absolute atomic E-state index is 9.53. The number of rotatable bonds is 2. The molecule has 1 atom stereocenters. The summed E-state index contributed by atoms with van der Waals surface area (Å²) < 4.78 is 0. The van der Waals surface area contributed by atoms with Crippen LogP contribution in [0.5, 0.6) is 0 Å². The van der Waals surface area contributed by atoms with Crippen molar-refractivity contribution in [2.75, 3.05) is 0 Å². The molecular formula is C14H21NOS. The van der Waals surface area contributed by atoms with E-state index in [2.05, 4.69) is 16.8 Å². The normalized spacial score (nSPS) is 33.4. The van der Waals surface area contributed by atoms with E-state index in [0.717, 1.165) is 25.7 Å². The van der Waals surface area contributed by atoms with Gasteiger partial charge in [-0.15, -0.1) is 11.3 Å². The Labute approximate surface area is 107 Å². The van der Waals surface area contributed by atoms with Crippen molar-refractivity contribution in [3.05, 3.63) is 21.9 Å². The predicted octanol–water partition coefficient (Wildman–Crippen LogP) is 3.02. The Morgan fingerprint density at radius 1 is 1.18 bits per heavy atom. The quantitative estimate of drug-likeness (QED) is 0.847. The van der Waals surface area contributed by atoms with Crippen molar-refractivity contribution < 1.29 is 5.11 Å². The lowest BCUT2D eigenvalue weighted by molar-refractivity contribution is 0.113. The first kappa shape index (κ1) is 11.7. The summed E-state index contributed by atoms with van der Waals surface area (Å²) in [5.74, 6) is 0. The van der Waals surface area contributed by atoms with Crippen LogP contribution in [-0.2, 0) is 6.42 Å². The minimum Gasteiger partial charge on any atom is -0.393 e. The van der Waals surface area contributed by atoms with Crippen molar-refractivity contribution in [3.63, 3.8) is 0 Å². The second kappa shape index (κ2) is 5.09. The lowest BCUT2D eigenvalue weighted by Gasteiger charge is -2.32. The standard InChI is InChI=1S/C14H21NOS/c16-11-6-4-10(5-7-11)15-13-2-1-3-14-12(13)8-9-17-14/h8-11,13,15-16H,1-7H2. The summed E-state index contributed by atoms with van der Waals surface area (Å²) in [4.78, 5) is 1.59. The van der Waals surface area contributed by atoms with Gasteiger partial charge in [0.25, 0.3) is 0 Å². The van der Waals surface area contributed by atoms with Crippen LogP contribution in [0.1, 0.15) is 55.0 Å². The summed E-state index contributed by atoms with van der Waals surface area (Å²) in [5, 5.41) is 15.6. The Morgan fingerprint density at radius 2 is 2.00 bits per heavy atom. The van der Waals surface area contributed by atoms with E-state index in [4.69, 9.17) is 0 Å². The molecule has 1 heterocycles. The van der Waals surface area contributed by atoms with Gasteiger partial charge < -0.3 is 10.4 Å². The first-order valence-electron chi connectivity index (χ1n) is 6.83. The Balaban J connectivity index is 1.63. The van der Waals surface area contributed by atoms with Gasteiger partial charge in [0.15, 0.2) is 0 Å². The molecule has 3 heteroatoms. The fourth-order valence-corrected chi connectivity index (χ4v) is 4.17. The number of aryl methyl sites for hydroxylation is 1. The van der Waals surface area contributed by atoms with E-state index in [1.54, 1.807) is 10.4 Å². The molecule has 3 rings (SSSR count). The van der Waals surface area contributed by atoms with Gasteiger partial charge in [0.05, 0.1) is 6.10 Å². The molecule has 0 radical (unpaired) electrons. The van der Waals surface area contributed by atoms with Crippen molar-refractivity contribution in [1.29, 1.82) is 0 Å². The van der Waals surface area contributed by atoms with E-state index in [-0.39, 0.29) is 6.10 Å². The van der Waals surface area contributed by atoms with E-state index in [9.17, 15) is 5.11 Å². The van der Waals surface area contributed by atoms with Crippen LogP contribution in [0.2, 0.25) is 0 Å². The molecule has 17 heavy (non-hydrogen) atoms. The van der Waals surface area contributed by atoms with Crippen LogP contribution in [0.15, 0.2) is 11.4 Å². The molecule has 94 valence electrons. The second-order valence-electron chi connectivity index (χ2n) is 5.42. The fraction of sp³-hybridized carbons (Fsp3) is 0.714. The average Bonchev–Trinajstić information content (AvgIpc) is 2.81. The van der Waals surface area contributed by atoms with Crippen molar-refractivity contribution in [2.24, 2.45) is 0 Å². The molecule has 1 aromatic rings. The number of aliphatic hydroxyl groups excluding tert-OH is 1. The third-order valence-electron chi connectivity index (χ3n) is 4.19. The van der Waals surface area contributed by atoms with Gasteiger partial charge in [0.1, 0.15) is 0 Å². The molecule has 0 bridgehead atoms. The third-order valence-corrected chi connectivity index (χ3v) is 5.18. The molecule has 0 saturated heterocycles. The number of hydrogen-bond donors (Lipinski definition) is 2. The molecule has 2 N–H and O–H groups in total. The van der Waals surface area contributed by atoms with Crippen molar-refractivity contribution in [1.82, 2.24) is 5.32 Å². The van der Waals surface area contributed by atoms with E-state index in [1.165, 1.54) is 19.3 Å². The van der Waals surface area contributed by atoms with Gasteiger partial charge in [-0.3, -0.25) is 0 Å². The van der Waals surface area contributed by atoms with Gasteiger partial charge in [0.2, 0.25) is 0 Å². The van der Waals surface area contributed by atoms with Crippen LogP contribution in [0.25, 0.3) is 0 Å². The van der Waals surface area contributed by atoms with E-state index >= 15 is 0 Å². The number of hydrogen-bond acceptors (Lipinski definition) is 3. The molecule has 1 saturated carbocycles. The van der Waals surface area contributed by atoms with E-state index in [0.29, 0.717) is 12.1 Å². The topological polar surface area (TPSA) is 32.3 Å². The summed E-state index contributed by atoms with van der Waals surface area (Å²) in [6, 6.07) is 3.49. The Kier molecular flexibility index (Phi) is 3.50. The minimum atomic E-state index is -0.0453. The SMILES string of the molecule is OC1CCC(NC2CCCc3sccc32)CC1. The van der Waals surface area contributed by atoms with Gasteiger partial charge in [-0.05, 0) is 62.0 Å². The predicted molar refractivity (Wildman–Crippen MR) is 71.4 cm³/mol. The van der Waals surface area contributed by atoms with Crippen LogP contribution >= 0.6 is 11.3 Å². The molecule has 1 aromatic heterocycles. The summed E-state index contributed by atoms with van der Waals surface area (Å²) >= 11 is 1.91. The molecule has 2 nitrogen and oxygen atoms in total. The van der Waals surface area contributed by atoms with Crippen molar-refractivity contribution in [3.8, 4) is 0 Å². The summed E-state index contributed by atoms with van der Waals surface area (Å²) in [6.07, 6.45) is 8.05. The first-order valence-corrected chi connectivity index (χ1v) is 7.71. The van der Waals surface area contributed by atoms with Crippen LogP contribution in [-0.4, -0.2) is 17.3 Å². The number of fused-ring (bicyclic) bond motifs is 1. The van der Waals surface area contributed by atoms with Crippen molar-refractivity contribution in [2.45, 2.75) is 63.1 Å². The minimum absolute atomic E-state index is 0.0453. The number of aliphatic hydroxyl groups is 1. The zero-order chi connectivity index (χ0) is 11.7. The average molecular weight is 251 g/mol. The van der Waals surface area contributed by atoms with Crippen LogP contribution < -0.4 is 5.32 Å². The lowest BCUT2D eigenvalue weighted by atomic mass is 9.89. The molecular weight excluding hydrogens is 230 g/mol. The van der Waals surface area contributed by atoms with Crippen molar-refractivity contribution >= 4 is 11.3 Å². The van der Waals surface area contributed by atoms with E-state index in [1.807, 2.05) is 11.3 Å². The molecule has 2 aliphatic rings.